The van der Waals surface area contributed by atoms with Crippen molar-refractivity contribution in [1.29, 1.82) is 0 Å². The summed E-state index contributed by atoms with van der Waals surface area (Å²) in [6.07, 6.45) is 0. The van der Waals surface area contributed by atoms with Gasteiger partial charge in [-0.3, -0.25) is 0 Å². The van der Waals surface area contributed by atoms with Crippen LogP contribution in [0, 0.1) is 11.6 Å². The van der Waals surface area contributed by atoms with E-state index in [0.29, 0.717) is 11.1 Å². The topological polar surface area (TPSA) is 67.8 Å². The van der Waals surface area contributed by atoms with Gasteiger partial charge in [0.2, 0.25) is 0 Å². The number of benzene rings is 2. The Morgan fingerprint density at radius 3 is 2.48 bits per heavy atom. The Morgan fingerprint density at radius 1 is 1.24 bits per heavy atom. The first-order valence-corrected chi connectivity index (χ1v) is 6.24. The molecule has 0 unspecified atom stereocenters. The molecule has 0 saturated heterocycles. The zero-order valence-corrected chi connectivity index (χ0v) is 11.4. The summed E-state index contributed by atoms with van der Waals surface area (Å²) in [7, 11) is 0. The molecule has 0 spiro atoms. The van der Waals surface area contributed by atoms with E-state index in [1.54, 1.807) is 12.1 Å². The molecular formula is C14H11ClF2N2O2. The maximum atomic E-state index is 13.4. The lowest BCUT2D eigenvalue weighted by Crippen LogP contribution is -2.13. The number of oxime groups is 1. The van der Waals surface area contributed by atoms with Crippen LogP contribution in [0.15, 0.2) is 41.6 Å². The van der Waals surface area contributed by atoms with Crippen molar-refractivity contribution in [1.82, 2.24) is 0 Å². The fourth-order valence-electron chi connectivity index (χ4n) is 1.65. The van der Waals surface area contributed by atoms with Gasteiger partial charge in [0.1, 0.15) is 6.61 Å². The Balaban J connectivity index is 2.18. The monoisotopic (exact) mass is 312 g/mol. The lowest BCUT2D eigenvalue weighted by atomic mass is 10.1. The highest BCUT2D eigenvalue weighted by Crippen LogP contribution is 2.24. The van der Waals surface area contributed by atoms with E-state index in [2.05, 4.69) is 5.16 Å². The first-order valence-electron chi connectivity index (χ1n) is 5.86. The molecule has 0 aliphatic heterocycles. The Labute approximate surface area is 124 Å². The molecule has 7 heteroatoms. The number of hydrogen-bond donors (Lipinski definition) is 2. The second-order valence-corrected chi connectivity index (χ2v) is 4.54. The van der Waals surface area contributed by atoms with Crippen LogP contribution in [0.2, 0.25) is 5.02 Å². The van der Waals surface area contributed by atoms with E-state index >= 15 is 0 Å². The van der Waals surface area contributed by atoms with Gasteiger partial charge in [0, 0.05) is 16.1 Å². The highest BCUT2D eigenvalue weighted by molar-refractivity contribution is 6.31. The molecule has 3 N–H and O–H groups in total. The second kappa shape index (κ2) is 6.41. The van der Waals surface area contributed by atoms with E-state index in [1.807, 2.05) is 0 Å². The summed E-state index contributed by atoms with van der Waals surface area (Å²) in [5, 5.41) is 11.7. The number of nitrogens with zero attached hydrogens (tertiary/aromatic N) is 1. The number of rotatable bonds is 4. The van der Waals surface area contributed by atoms with Crippen LogP contribution < -0.4 is 10.5 Å². The zero-order valence-electron chi connectivity index (χ0n) is 10.7. The van der Waals surface area contributed by atoms with Crippen LogP contribution in [0.3, 0.4) is 0 Å². The molecule has 0 aliphatic rings. The molecule has 0 saturated carbocycles. The minimum absolute atomic E-state index is 0.0930. The Bertz CT molecular complexity index is 672. The van der Waals surface area contributed by atoms with Crippen molar-refractivity contribution in [3.8, 4) is 5.75 Å². The van der Waals surface area contributed by atoms with Crippen molar-refractivity contribution in [2.75, 3.05) is 0 Å². The van der Waals surface area contributed by atoms with Crippen molar-refractivity contribution in [3.05, 3.63) is 64.2 Å². The van der Waals surface area contributed by atoms with Crippen molar-refractivity contribution in [3.63, 3.8) is 0 Å². The average molecular weight is 313 g/mol. The maximum absolute atomic E-state index is 13.4. The summed E-state index contributed by atoms with van der Waals surface area (Å²) in [6, 6.07) is 8.03. The van der Waals surface area contributed by atoms with E-state index in [0.717, 1.165) is 12.1 Å². The van der Waals surface area contributed by atoms with Gasteiger partial charge >= 0.3 is 0 Å². The molecule has 0 aliphatic carbocycles. The number of amidine groups is 1. The first kappa shape index (κ1) is 15.1. The molecular weight excluding hydrogens is 302 g/mol. The van der Waals surface area contributed by atoms with Crippen molar-refractivity contribution >= 4 is 17.4 Å². The molecule has 0 heterocycles. The number of halogens is 3. The molecule has 0 atom stereocenters. The normalized spacial score (nSPS) is 11.5. The van der Waals surface area contributed by atoms with E-state index in [-0.39, 0.29) is 17.5 Å². The molecule has 2 rings (SSSR count). The molecule has 0 aromatic heterocycles. The van der Waals surface area contributed by atoms with E-state index < -0.39 is 17.4 Å². The first-order chi connectivity index (χ1) is 10.0. The Hall–Kier alpha value is -2.34. The summed E-state index contributed by atoms with van der Waals surface area (Å²) in [6.45, 7) is -0.118. The van der Waals surface area contributed by atoms with Gasteiger partial charge in [-0.1, -0.05) is 35.0 Å². The predicted octanol–water partition coefficient (Wildman–Crippen LogP) is 3.29. The number of para-hydroxylation sites is 1. The van der Waals surface area contributed by atoms with Crippen molar-refractivity contribution in [2.24, 2.45) is 10.9 Å². The smallest absolute Gasteiger partial charge is 0.191 e. The molecule has 4 nitrogen and oxygen atoms in total. The molecule has 21 heavy (non-hydrogen) atoms. The van der Waals surface area contributed by atoms with Crippen LogP contribution in [0.25, 0.3) is 0 Å². The lowest BCUT2D eigenvalue weighted by Gasteiger charge is -2.10. The van der Waals surface area contributed by atoms with Gasteiger partial charge in [0.05, 0.1) is 0 Å². The number of hydrogen-bond acceptors (Lipinski definition) is 3. The van der Waals surface area contributed by atoms with Crippen LogP contribution in [0.4, 0.5) is 8.78 Å². The summed E-state index contributed by atoms with van der Waals surface area (Å²) in [5.41, 5.74) is 6.36. The summed E-state index contributed by atoms with van der Waals surface area (Å²) < 4.78 is 31.9. The summed E-state index contributed by atoms with van der Waals surface area (Å²) >= 11 is 6.02. The minimum Gasteiger partial charge on any atom is -0.483 e. The van der Waals surface area contributed by atoms with Crippen LogP contribution >= 0.6 is 11.6 Å². The maximum Gasteiger partial charge on any atom is 0.191 e. The quantitative estimate of drug-likeness (QED) is 0.394. The lowest BCUT2D eigenvalue weighted by molar-refractivity contribution is 0.274. The highest BCUT2D eigenvalue weighted by atomic mass is 35.5. The van der Waals surface area contributed by atoms with Gasteiger partial charge in [-0.05, 0) is 18.2 Å². The summed E-state index contributed by atoms with van der Waals surface area (Å²) in [4.78, 5) is 0. The number of nitrogens with two attached hydrogens (primary N) is 1. The third kappa shape index (κ3) is 3.41. The predicted molar refractivity (Wildman–Crippen MR) is 74.7 cm³/mol. The van der Waals surface area contributed by atoms with Gasteiger partial charge in [-0.2, -0.15) is 0 Å². The van der Waals surface area contributed by atoms with Gasteiger partial charge < -0.3 is 15.7 Å². The van der Waals surface area contributed by atoms with Crippen LogP contribution in [0.1, 0.15) is 11.1 Å². The molecule has 0 bridgehead atoms. The van der Waals surface area contributed by atoms with Gasteiger partial charge in [0.15, 0.2) is 23.2 Å². The molecule has 0 radical (unpaired) electrons. The van der Waals surface area contributed by atoms with Crippen LogP contribution in [0.5, 0.6) is 5.75 Å². The number of ether oxygens (including phenoxy) is 1. The molecule has 2 aromatic carbocycles. The SMILES string of the molecule is N/C(=N/O)c1ccc(COc2c(F)cccc2F)c(Cl)c1. The standard InChI is InChI=1S/C14H11ClF2N2O2/c15-10-6-8(14(18)19-20)4-5-9(10)7-21-13-11(16)2-1-3-12(13)17/h1-6,20H,7H2,(H2,18,19). The summed E-state index contributed by atoms with van der Waals surface area (Å²) in [5.74, 6) is -2.14. The van der Waals surface area contributed by atoms with Crippen LogP contribution in [-0.2, 0) is 6.61 Å². The van der Waals surface area contributed by atoms with E-state index in [1.165, 1.54) is 12.1 Å². The third-order valence-electron chi connectivity index (χ3n) is 2.75. The largest absolute Gasteiger partial charge is 0.483 e. The second-order valence-electron chi connectivity index (χ2n) is 4.13. The van der Waals surface area contributed by atoms with Gasteiger partial charge in [-0.15, -0.1) is 0 Å². The van der Waals surface area contributed by atoms with Gasteiger partial charge in [-0.25, -0.2) is 8.78 Å². The van der Waals surface area contributed by atoms with E-state index in [4.69, 9.17) is 27.3 Å². The molecule has 2 aromatic rings. The van der Waals surface area contributed by atoms with Gasteiger partial charge in [0.25, 0.3) is 0 Å². The fraction of sp³-hybridized carbons (Fsp3) is 0.0714. The fourth-order valence-corrected chi connectivity index (χ4v) is 1.89. The zero-order chi connectivity index (χ0) is 15.4. The minimum atomic E-state index is -0.792. The van der Waals surface area contributed by atoms with Crippen molar-refractivity contribution < 1.29 is 18.7 Å². The Morgan fingerprint density at radius 2 is 1.90 bits per heavy atom. The molecule has 110 valence electrons. The Kier molecular flexibility index (Phi) is 4.59. The molecule has 0 amide bonds. The molecule has 0 fully saturated rings. The average Bonchev–Trinajstić information content (AvgIpc) is 2.47. The van der Waals surface area contributed by atoms with Crippen molar-refractivity contribution in [2.45, 2.75) is 6.61 Å². The highest BCUT2D eigenvalue weighted by Gasteiger charge is 2.11. The third-order valence-corrected chi connectivity index (χ3v) is 3.10. The van der Waals surface area contributed by atoms with E-state index in [9.17, 15) is 8.78 Å². The van der Waals surface area contributed by atoms with Crippen LogP contribution in [-0.4, -0.2) is 11.0 Å².